The molecule has 0 amide bonds. The molecule has 2 aromatic rings. The molecule has 21 heavy (non-hydrogen) atoms. The van der Waals surface area contributed by atoms with Gasteiger partial charge in [0.1, 0.15) is 11.6 Å². The minimum absolute atomic E-state index is 0.0668. The Labute approximate surface area is 125 Å². The van der Waals surface area contributed by atoms with Gasteiger partial charge in [-0.15, -0.1) is 0 Å². The molecule has 0 radical (unpaired) electrons. The van der Waals surface area contributed by atoms with Crippen molar-refractivity contribution in [1.29, 1.82) is 0 Å². The van der Waals surface area contributed by atoms with Crippen molar-refractivity contribution >= 4 is 0 Å². The lowest BCUT2D eigenvalue weighted by atomic mass is 9.72. The summed E-state index contributed by atoms with van der Waals surface area (Å²) in [7, 11) is 0. The van der Waals surface area contributed by atoms with E-state index in [1.165, 1.54) is 18.4 Å². The standard InChI is InChI=1S/C17H23N3O/c1-2-17(7-3-4-8-18-12-17)15-11-13(21)5-6-14(15)16-19-9-10-20-16/h5-6,9-11,18,21H,2-4,7-8,12H2,1H3,(H,19,20). The Balaban J connectivity index is 2.12. The summed E-state index contributed by atoms with van der Waals surface area (Å²) in [6, 6.07) is 5.65. The van der Waals surface area contributed by atoms with Crippen LogP contribution in [0.4, 0.5) is 0 Å². The van der Waals surface area contributed by atoms with Gasteiger partial charge in [-0.25, -0.2) is 4.98 Å². The van der Waals surface area contributed by atoms with Crippen molar-refractivity contribution in [3.05, 3.63) is 36.2 Å². The monoisotopic (exact) mass is 285 g/mol. The molecular weight excluding hydrogens is 262 g/mol. The Hall–Kier alpha value is -1.81. The number of hydrogen-bond acceptors (Lipinski definition) is 3. The van der Waals surface area contributed by atoms with Gasteiger partial charge in [-0.3, -0.25) is 0 Å². The maximum Gasteiger partial charge on any atom is 0.137 e. The van der Waals surface area contributed by atoms with Crippen molar-refractivity contribution < 1.29 is 5.11 Å². The van der Waals surface area contributed by atoms with E-state index in [0.717, 1.165) is 37.3 Å². The molecule has 4 heteroatoms. The van der Waals surface area contributed by atoms with Crippen LogP contribution in [-0.4, -0.2) is 28.2 Å². The molecule has 1 unspecified atom stereocenters. The van der Waals surface area contributed by atoms with Crippen LogP contribution in [0.15, 0.2) is 30.6 Å². The fraction of sp³-hybridized carbons (Fsp3) is 0.471. The van der Waals surface area contributed by atoms with Crippen LogP contribution in [0.2, 0.25) is 0 Å². The molecule has 1 fully saturated rings. The number of benzene rings is 1. The van der Waals surface area contributed by atoms with Crippen LogP contribution in [0.25, 0.3) is 11.4 Å². The zero-order chi connectivity index (χ0) is 14.7. The first-order valence-electron chi connectivity index (χ1n) is 7.79. The van der Waals surface area contributed by atoms with E-state index in [2.05, 4.69) is 22.2 Å². The van der Waals surface area contributed by atoms with E-state index in [9.17, 15) is 5.11 Å². The van der Waals surface area contributed by atoms with Crippen molar-refractivity contribution in [3.63, 3.8) is 0 Å². The largest absolute Gasteiger partial charge is 0.508 e. The van der Waals surface area contributed by atoms with Gasteiger partial charge >= 0.3 is 0 Å². The fourth-order valence-electron chi connectivity index (χ4n) is 3.44. The second-order valence-electron chi connectivity index (χ2n) is 5.94. The predicted octanol–water partition coefficient (Wildman–Crippen LogP) is 3.20. The third kappa shape index (κ3) is 2.68. The van der Waals surface area contributed by atoms with Gasteiger partial charge in [-0.05, 0) is 49.6 Å². The van der Waals surface area contributed by atoms with Crippen LogP contribution in [-0.2, 0) is 5.41 Å². The molecule has 2 heterocycles. The summed E-state index contributed by atoms with van der Waals surface area (Å²) < 4.78 is 0. The lowest BCUT2D eigenvalue weighted by molar-refractivity contribution is 0.374. The molecule has 1 saturated heterocycles. The predicted molar refractivity (Wildman–Crippen MR) is 84.4 cm³/mol. The number of aromatic nitrogens is 2. The minimum Gasteiger partial charge on any atom is -0.508 e. The number of nitrogens with zero attached hydrogens (tertiary/aromatic N) is 1. The summed E-state index contributed by atoms with van der Waals surface area (Å²) in [6.45, 7) is 4.28. The molecule has 3 N–H and O–H groups in total. The zero-order valence-electron chi connectivity index (χ0n) is 12.5. The van der Waals surface area contributed by atoms with Gasteiger partial charge < -0.3 is 15.4 Å². The number of phenols is 1. The Morgan fingerprint density at radius 2 is 2.24 bits per heavy atom. The Kier molecular flexibility index (Phi) is 3.97. The number of hydrogen-bond donors (Lipinski definition) is 3. The van der Waals surface area contributed by atoms with E-state index in [4.69, 9.17) is 0 Å². The summed E-state index contributed by atoms with van der Waals surface area (Å²) >= 11 is 0. The van der Waals surface area contributed by atoms with E-state index in [-0.39, 0.29) is 5.41 Å². The molecule has 1 aromatic heterocycles. The summed E-state index contributed by atoms with van der Waals surface area (Å²) in [5.74, 6) is 1.21. The number of phenolic OH excluding ortho intramolecular Hbond substituents is 1. The Morgan fingerprint density at radius 1 is 1.33 bits per heavy atom. The highest BCUT2D eigenvalue weighted by molar-refractivity contribution is 5.64. The lowest BCUT2D eigenvalue weighted by Gasteiger charge is -2.34. The molecule has 1 aromatic carbocycles. The first-order valence-corrected chi connectivity index (χ1v) is 7.79. The molecule has 0 saturated carbocycles. The van der Waals surface area contributed by atoms with Crippen molar-refractivity contribution in [2.24, 2.45) is 0 Å². The van der Waals surface area contributed by atoms with E-state index in [0.29, 0.717) is 5.75 Å². The van der Waals surface area contributed by atoms with Crippen molar-refractivity contribution in [2.45, 2.75) is 38.0 Å². The minimum atomic E-state index is 0.0668. The van der Waals surface area contributed by atoms with Gasteiger partial charge in [0.25, 0.3) is 0 Å². The maximum atomic E-state index is 9.99. The van der Waals surface area contributed by atoms with Crippen LogP contribution in [0, 0.1) is 0 Å². The molecule has 0 bridgehead atoms. The number of imidazole rings is 1. The maximum absolute atomic E-state index is 9.99. The molecular formula is C17H23N3O. The summed E-state index contributed by atoms with van der Waals surface area (Å²) in [6.07, 6.45) is 8.25. The van der Waals surface area contributed by atoms with Gasteiger partial charge in [0.2, 0.25) is 0 Å². The SMILES string of the molecule is CCC1(c2cc(O)ccc2-c2ncc[nH]2)CCCCNC1. The highest BCUT2D eigenvalue weighted by Gasteiger charge is 2.34. The zero-order valence-corrected chi connectivity index (χ0v) is 12.5. The molecule has 1 aliphatic rings. The number of aromatic amines is 1. The van der Waals surface area contributed by atoms with Crippen molar-refractivity contribution in [2.75, 3.05) is 13.1 Å². The number of nitrogens with one attached hydrogen (secondary N) is 2. The smallest absolute Gasteiger partial charge is 0.137 e. The average molecular weight is 285 g/mol. The molecule has 3 rings (SSSR count). The van der Waals surface area contributed by atoms with Crippen LogP contribution in [0.5, 0.6) is 5.75 Å². The third-order valence-electron chi connectivity index (χ3n) is 4.73. The highest BCUT2D eigenvalue weighted by Crippen LogP contribution is 2.40. The quantitative estimate of drug-likeness (QED) is 0.811. The molecule has 112 valence electrons. The number of H-pyrrole nitrogens is 1. The molecule has 1 atom stereocenters. The summed E-state index contributed by atoms with van der Waals surface area (Å²) in [5, 5.41) is 13.6. The van der Waals surface area contributed by atoms with Crippen LogP contribution in [0.1, 0.15) is 38.2 Å². The topological polar surface area (TPSA) is 60.9 Å². The van der Waals surface area contributed by atoms with Gasteiger partial charge in [0.15, 0.2) is 0 Å². The number of aromatic hydroxyl groups is 1. The van der Waals surface area contributed by atoms with Gasteiger partial charge in [-0.2, -0.15) is 0 Å². The Bertz CT molecular complexity index is 584. The van der Waals surface area contributed by atoms with E-state index >= 15 is 0 Å². The van der Waals surface area contributed by atoms with E-state index in [1.807, 2.05) is 18.3 Å². The first kappa shape index (κ1) is 14.1. The lowest BCUT2D eigenvalue weighted by Crippen LogP contribution is -2.36. The molecule has 0 aliphatic carbocycles. The van der Waals surface area contributed by atoms with Gasteiger partial charge in [0.05, 0.1) is 0 Å². The Morgan fingerprint density at radius 3 is 3.00 bits per heavy atom. The van der Waals surface area contributed by atoms with E-state index < -0.39 is 0 Å². The van der Waals surface area contributed by atoms with Crippen LogP contribution >= 0.6 is 0 Å². The number of rotatable bonds is 3. The normalized spacial score (nSPS) is 22.9. The van der Waals surface area contributed by atoms with Crippen molar-refractivity contribution in [3.8, 4) is 17.1 Å². The average Bonchev–Trinajstić information content (AvgIpc) is 2.92. The first-order chi connectivity index (χ1) is 10.2. The van der Waals surface area contributed by atoms with Crippen LogP contribution in [0.3, 0.4) is 0 Å². The summed E-state index contributed by atoms with van der Waals surface area (Å²) in [4.78, 5) is 7.60. The summed E-state index contributed by atoms with van der Waals surface area (Å²) in [5.41, 5.74) is 2.37. The highest BCUT2D eigenvalue weighted by atomic mass is 16.3. The van der Waals surface area contributed by atoms with E-state index in [1.54, 1.807) is 12.3 Å². The molecule has 4 nitrogen and oxygen atoms in total. The van der Waals surface area contributed by atoms with Gasteiger partial charge in [-0.1, -0.05) is 13.3 Å². The molecule has 0 spiro atoms. The van der Waals surface area contributed by atoms with Crippen molar-refractivity contribution in [1.82, 2.24) is 15.3 Å². The van der Waals surface area contributed by atoms with Crippen LogP contribution < -0.4 is 5.32 Å². The third-order valence-corrected chi connectivity index (χ3v) is 4.73. The van der Waals surface area contributed by atoms with Gasteiger partial charge in [0, 0.05) is 29.9 Å². The fourth-order valence-corrected chi connectivity index (χ4v) is 3.44. The second-order valence-corrected chi connectivity index (χ2v) is 5.94. The second kappa shape index (κ2) is 5.90. The molecule has 1 aliphatic heterocycles.